The summed E-state index contributed by atoms with van der Waals surface area (Å²) in [5.41, 5.74) is 3.30. The maximum atomic E-state index is 13.2. The highest BCUT2D eigenvalue weighted by molar-refractivity contribution is 6.15. The van der Waals surface area contributed by atoms with Gasteiger partial charge in [-0.05, 0) is 49.2 Å². The fourth-order valence-electron chi connectivity index (χ4n) is 4.13. The first-order valence-corrected chi connectivity index (χ1v) is 10.7. The predicted octanol–water partition coefficient (Wildman–Crippen LogP) is 4.05. The van der Waals surface area contributed by atoms with Gasteiger partial charge in [0, 0.05) is 37.2 Å². The maximum absolute atomic E-state index is 13.2. The van der Waals surface area contributed by atoms with Gasteiger partial charge in [0.15, 0.2) is 5.78 Å². The molecule has 1 amide bonds. The third-order valence-corrected chi connectivity index (χ3v) is 5.78. The molecule has 2 aromatic carbocycles. The Morgan fingerprint density at radius 2 is 1.30 bits per heavy atom. The predicted molar refractivity (Wildman–Crippen MR) is 121 cm³/mol. The van der Waals surface area contributed by atoms with Crippen LogP contribution in [-0.2, 0) is 9.59 Å². The molecule has 0 bridgehead atoms. The highest BCUT2D eigenvalue weighted by Crippen LogP contribution is 2.23. The standard InChI is InChI=1S/C26H28N2O2/c29-25(13-16-27-14-7-8-15-27)28-19-23(17-21-9-3-1-4-10-21)26(30)24(20-28)18-22-11-5-2-6-12-22/h1-6,9-12,17-18H,7-8,13-16,19-20H2/b23-17-,24-18+. The molecule has 4 heteroatoms. The average molecular weight is 401 g/mol. The molecule has 2 aliphatic heterocycles. The summed E-state index contributed by atoms with van der Waals surface area (Å²) in [7, 11) is 0. The zero-order chi connectivity index (χ0) is 20.8. The molecule has 0 N–H and O–H groups in total. The molecule has 0 unspecified atom stereocenters. The van der Waals surface area contributed by atoms with Gasteiger partial charge >= 0.3 is 0 Å². The molecule has 2 aliphatic rings. The molecular weight excluding hydrogens is 372 g/mol. The highest BCUT2D eigenvalue weighted by Gasteiger charge is 2.29. The van der Waals surface area contributed by atoms with E-state index in [1.807, 2.05) is 77.7 Å². The van der Waals surface area contributed by atoms with E-state index in [4.69, 9.17) is 0 Å². The Balaban J connectivity index is 1.57. The van der Waals surface area contributed by atoms with Crippen molar-refractivity contribution in [2.75, 3.05) is 32.7 Å². The average Bonchev–Trinajstić information content (AvgIpc) is 3.30. The van der Waals surface area contributed by atoms with Crippen LogP contribution in [0.4, 0.5) is 0 Å². The minimum Gasteiger partial charge on any atom is -0.334 e. The van der Waals surface area contributed by atoms with Gasteiger partial charge in [0.2, 0.25) is 5.91 Å². The first-order chi connectivity index (χ1) is 14.7. The van der Waals surface area contributed by atoms with Crippen LogP contribution in [0.2, 0.25) is 0 Å². The van der Waals surface area contributed by atoms with E-state index in [1.54, 1.807) is 0 Å². The van der Waals surface area contributed by atoms with E-state index >= 15 is 0 Å². The van der Waals surface area contributed by atoms with Gasteiger partial charge in [0.1, 0.15) is 0 Å². The van der Waals surface area contributed by atoms with Crippen molar-refractivity contribution in [3.63, 3.8) is 0 Å². The summed E-state index contributed by atoms with van der Waals surface area (Å²) in [4.78, 5) is 30.4. The number of hydrogen-bond acceptors (Lipinski definition) is 3. The Bertz CT molecular complexity index is 880. The topological polar surface area (TPSA) is 40.6 Å². The second kappa shape index (κ2) is 9.68. The summed E-state index contributed by atoms with van der Waals surface area (Å²) in [6, 6.07) is 19.7. The van der Waals surface area contributed by atoms with Gasteiger partial charge in [-0.3, -0.25) is 9.59 Å². The number of hydrogen-bond donors (Lipinski definition) is 0. The molecule has 0 saturated carbocycles. The van der Waals surface area contributed by atoms with Crippen LogP contribution >= 0.6 is 0 Å². The van der Waals surface area contributed by atoms with Crippen molar-refractivity contribution in [3.8, 4) is 0 Å². The molecule has 2 heterocycles. The lowest BCUT2D eigenvalue weighted by Crippen LogP contribution is -2.42. The quantitative estimate of drug-likeness (QED) is 0.711. The van der Waals surface area contributed by atoms with Crippen LogP contribution in [-0.4, -0.2) is 54.2 Å². The number of ketones is 1. The largest absolute Gasteiger partial charge is 0.334 e. The number of rotatable bonds is 5. The normalized spacial score (nSPS) is 20.3. The number of likely N-dealkylation sites (tertiary alicyclic amines) is 2. The molecule has 2 aromatic rings. The van der Waals surface area contributed by atoms with Crippen molar-refractivity contribution in [2.24, 2.45) is 0 Å². The van der Waals surface area contributed by atoms with Crippen molar-refractivity contribution in [3.05, 3.63) is 82.9 Å². The fraction of sp³-hybridized carbons (Fsp3) is 0.308. The molecule has 2 saturated heterocycles. The smallest absolute Gasteiger partial charge is 0.224 e. The number of carbonyl (C=O) groups is 2. The SMILES string of the molecule is O=C1/C(=C\c2ccccc2)CN(C(=O)CCN2CCCC2)C/C1=C\c1ccccc1. The van der Waals surface area contributed by atoms with Gasteiger partial charge in [-0.1, -0.05) is 60.7 Å². The summed E-state index contributed by atoms with van der Waals surface area (Å²) < 4.78 is 0. The van der Waals surface area contributed by atoms with E-state index in [0.717, 1.165) is 30.8 Å². The monoisotopic (exact) mass is 400 g/mol. The zero-order valence-electron chi connectivity index (χ0n) is 17.3. The minimum atomic E-state index is 0.0336. The molecule has 0 aromatic heterocycles. The van der Waals surface area contributed by atoms with Gasteiger partial charge in [-0.25, -0.2) is 0 Å². The number of carbonyl (C=O) groups excluding carboxylic acids is 2. The van der Waals surface area contributed by atoms with Crippen molar-refractivity contribution in [2.45, 2.75) is 19.3 Å². The molecule has 0 radical (unpaired) electrons. The Hall–Kier alpha value is -2.98. The van der Waals surface area contributed by atoms with Crippen LogP contribution < -0.4 is 0 Å². The molecule has 4 nitrogen and oxygen atoms in total. The van der Waals surface area contributed by atoms with Gasteiger partial charge < -0.3 is 9.80 Å². The maximum Gasteiger partial charge on any atom is 0.224 e. The third-order valence-electron chi connectivity index (χ3n) is 5.78. The van der Waals surface area contributed by atoms with Crippen LogP contribution in [0.3, 0.4) is 0 Å². The highest BCUT2D eigenvalue weighted by atomic mass is 16.2. The van der Waals surface area contributed by atoms with E-state index in [2.05, 4.69) is 4.90 Å². The summed E-state index contributed by atoms with van der Waals surface area (Å²) in [5.74, 6) is 0.152. The molecule has 154 valence electrons. The summed E-state index contributed by atoms with van der Waals surface area (Å²) in [6.07, 6.45) is 6.79. The number of piperidine rings is 1. The van der Waals surface area contributed by atoms with Crippen molar-refractivity contribution in [1.29, 1.82) is 0 Å². The molecule has 0 aliphatic carbocycles. The lowest BCUT2D eigenvalue weighted by Gasteiger charge is -2.30. The fourth-order valence-corrected chi connectivity index (χ4v) is 4.13. The Morgan fingerprint density at radius 3 is 1.80 bits per heavy atom. The molecule has 30 heavy (non-hydrogen) atoms. The summed E-state index contributed by atoms with van der Waals surface area (Å²) in [6.45, 7) is 3.73. The molecular formula is C26H28N2O2. The Morgan fingerprint density at radius 1 is 0.800 bits per heavy atom. The third kappa shape index (κ3) is 5.14. The van der Waals surface area contributed by atoms with Gasteiger partial charge in [-0.2, -0.15) is 0 Å². The number of amides is 1. The Labute approximate surface area is 178 Å². The van der Waals surface area contributed by atoms with Crippen molar-refractivity contribution >= 4 is 23.8 Å². The second-order valence-corrected chi connectivity index (χ2v) is 8.04. The number of Topliss-reactive ketones (excluding diaryl/α,β-unsaturated/α-hetero) is 1. The van der Waals surface area contributed by atoms with E-state index in [1.165, 1.54) is 12.8 Å². The zero-order valence-corrected chi connectivity index (χ0v) is 17.3. The summed E-state index contributed by atoms with van der Waals surface area (Å²) in [5, 5.41) is 0. The van der Waals surface area contributed by atoms with E-state index in [-0.39, 0.29) is 11.7 Å². The van der Waals surface area contributed by atoms with Crippen LogP contribution in [0.25, 0.3) is 12.2 Å². The van der Waals surface area contributed by atoms with E-state index in [0.29, 0.717) is 30.7 Å². The van der Waals surface area contributed by atoms with Gasteiger partial charge in [0.05, 0.1) is 0 Å². The number of benzene rings is 2. The Kier molecular flexibility index (Phi) is 6.55. The van der Waals surface area contributed by atoms with Crippen LogP contribution in [0.15, 0.2) is 71.8 Å². The van der Waals surface area contributed by atoms with Gasteiger partial charge in [-0.15, -0.1) is 0 Å². The van der Waals surface area contributed by atoms with Gasteiger partial charge in [0.25, 0.3) is 0 Å². The van der Waals surface area contributed by atoms with E-state index < -0.39 is 0 Å². The van der Waals surface area contributed by atoms with Crippen molar-refractivity contribution < 1.29 is 9.59 Å². The molecule has 0 atom stereocenters. The molecule has 0 spiro atoms. The molecule has 4 rings (SSSR count). The van der Waals surface area contributed by atoms with Crippen LogP contribution in [0.5, 0.6) is 0 Å². The van der Waals surface area contributed by atoms with Crippen molar-refractivity contribution in [1.82, 2.24) is 9.80 Å². The van der Waals surface area contributed by atoms with Crippen LogP contribution in [0.1, 0.15) is 30.4 Å². The van der Waals surface area contributed by atoms with E-state index in [9.17, 15) is 9.59 Å². The summed E-state index contributed by atoms with van der Waals surface area (Å²) >= 11 is 0. The first kappa shape index (κ1) is 20.3. The first-order valence-electron chi connectivity index (χ1n) is 10.7. The minimum absolute atomic E-state index is 0.0336. The number of nitrogens with zero attached hydrogens (tertiary/aromatic N) is 2. The lowest BCUT2D eigenvalue weighted by molar-refractivity contribution is -0.131. The lowest BCUT2D eigenvalue weighted by atomic mass is 9.94. The van der Waals surface area contributed by atoms with Crippen LogP contribution in [0, 0.1) is 0 Å². The second-order valence-electron chi connectivity index (χ2n) is 8.04. The molecule has 2 fully saturated rings.